The molecule has 3 amide bonds. The third kappa shape index (κ3) is 3.88. The molecule has 0 N–H and O–H groups in total. The van der Waals surface area contributed by atoms with Crippen LogP contribution in [0.25, 0.3) is 0 Å². The van der Waals surface area contributed by atoms with E-state index in [-0.39, 0.29) is 32.1 Å². The minimum absolute atomic E-state index is 0.0352. The van der Waals surface area contributed by atoms with Gasteiger partial charge in [0.25, 0.3) is 17.7 Å². The van der Waals surface area contributed by atoms with Crippen molar-refractivity contribution >= 4 is 78.6 Å². The molecule has 35 heavy (non-hydrogen) atoms. The molecule has 2 aromatic carbocycles. The molecule has 1 saturated heterocycles. The number of carbonyl (C=O) groups is 4. The van der Waals surface area contributed by atoms with Crippen LogP contribution in [0.3, 0.4) is 0 Å². The van der Waals surface area contributed by atoms with Crippen LogP contribution < -0.4 is 0 Å². The van der Waals surface area contributed by atoms with Crippen molar-refractivity contribution in [1.82, 2.24) is 10.0 Å². The Morgan fingerprint density at radius 3 is 2.09 bits per heavy atom. The topological polar surface area (TPSA) is 74.8 Å². The lowest BCUT2D eigenvalue weighted by atomic mass is 9.81. The van der Waals surface area contributed by atoms with Crippen LogP contribution in [-0.2, 0) is 9.59 Å². The highest BCUT2D eigenvalue weighted by atomic mass is 79.9. The molecule has 3 fully saturated rings. The van der Waals surface area contributed by atoms with Crippen LogP contribution in [0.4, 0.5) is 0 Å². The predicted molar refractivity (Wildman–Crippen MR) is 139 cm³/mol. The second-order valence-electron chi connectivity index (χ2n) is 9.17. The summed E-state index contributed by atoms with van der Waals surface area (Å²) in [5.74, 6) is -3.19. The summed E-state index contributed by atoms with van der Waals surface area (Å²) in [5.41, 5.74) is 0.404. The molecular weight excluding hydrogens is 623 g/mol. The van der Waals surface area contributed by atoms with Gasteiger partial charge in [-0.1, -0.05) is 85.4 Å². The minimum atomic E-state index is -1.14. The number of hydrazine groups is 1. The van der Waals surface area contributed by atoms with Gasteiger partial charge in [0.05, 0.1) is 22.4 Å². The molecule has 0 radical (unpaired) electrons. The number of carbonyl (C=O) groups excluding carboxylic acids is 4. The van der Waals surface area contributed by atoms with Gasteiger partial charge in [0.15, 0.2) is 5.78 Å². The number of ketones is 1. The molecule has 0 unspecified atom stereocenters. The second-order valence-corrected chi connectivity index (χ2v) is 12.1. The highest BCUT2D eigenvalue weighted by Crippen LogP contribution is 2.60. The van der Waals surface area contributed by atoms with E-state index in [4.69, 9.17) is 23.2 Å². The van der Waals surface area contributed by atoms with Gasteiger partial charge in [-0.05, 0) is 43.4 Å². The van der Waals surface area contributed by atoms with Crippen molar-refractivity contribution < 1.29 is 19.2 Å². The van der Waals surface area contributed by atoms with Crippen molar-refractivity contribution in [1.29, 1.82) is 0 Å². The number of rotatable bonds is 5. The van der Waals surface area contributed by atoms with Crippen LogP contribution in [0.5, 0.6) is 0 Å². The Kier molecular flexibility index (Phi) is 6.62. The first-order chi connectivity index (χ1) is 16.6. The summed E-state index contributed by atoms with van der Waals surface area (Å²) in [5, 5.41) is 2.28. The van der Waals surface area contributed by atoms with Gasteiger partial charge in [-0.15, -0.1) is 0 Å². The SMILES string of the molecule is C[C@H](C(=O)c1ccccc1)N(C(=O)c1ccc(Cl)cc1Cl)N1C(=O)[C@@H]2[C@H]3C[C@@H]([C@H](Br)[C@H]3Br)[C@@H]2C1=O. The monoisotopic (exact) mass is 640 g/mol. The Morgan fingerprint density at radius 2 is 1.54 bits per heavy atom. The number of nitrogens with zero attached hydrogens (tertiary/aromatic N) is 2. The number of fused-ring (bicyclic) bond motifs is 5. The van der Waals surface area contributed by atoms with Gasteiger partial charge in [-0.2, -0.15) is 5.01 Å². The van der Waals surface area contributed by atoms with E-state index in [1.54, 1.807) is 30.3 Å². The van der Waals surface area contributed by atoms with Crippen LogP contribution in [0, 0.1) is 23.7 Å². The van der Waals surface area contributed by atoms with Gasteiger partial charge in [0.1, 0.15) is 6.04 Å². The number of amides is 3. The highest BCUT2D eigenvalue weighted by molar-refractivity contribution is 9.12. The number of benzene rings is 2. The Bertz CT molecular complexity index is 1210. The number of imide groups is 1. The molecule has 3 aliphatic rings. The summed E-state index contributed by atoms with van der Waals surface area (Å²) in [6.45, 7) is 1.51. The predicted octanol–water partition coefficient (Wildman–Crippen LogP) is 5.40. The van der Waals surface area contributed by atoms with E-state index < -0.39 is 41.4 Å². The summed E-state index contributed by atoms with van der Waals surface area (Å²) in [6, 6.07) is 11.6. The van der Waals surface area contributed by atoms with Gasteiger partial charge in [0, 0.05) is 20.2 Å². The molecular formula is C25H20Br2Cl2N2O4. The third-order valence-electron chi connectivity index (χ3n) is 7.35. The smallest absolute Gasteiger partial charge is 0.275 e. The Labute approximate surface area is 229 Å². The Balaban J connectivity index is 1.57. The molecule has 2 aromatic rings. The summed E-state index contributed by atoms with van der Waals surface area (Å²) >= 11 is 19.7. The molecule has 182 valence electrons. The van der Waals surface area contributed by atoms with Gasteiger partial charge in [0.2, 0.25) is 0 Å². The number of hydrogen-bond acceptors (Lipinski definition) is 4. The van der Waals surface area contributed by atoms with Gasteiger partial charge in [-0.25, -0.2) is 5.01 Å². The zero-order valence-corrected chi connectivity index (χ0v) is 23.1. The molecule has 6 nitrogen and oxygen atoms in total. The van der Waals surface area contributed by atoms with Crippen molar-refractivity contribution in [3.05, 3.63) is 69.7 Å². The van der Waals surface area contributed by atoms with E-state index in [2.05, 4.69) is 31.9 Å². The minimum Gasteiger partial charge on any atom is -0.292 e. The number of halogens is 4. The maximum atomic E-state index is 13.8. The normalized spacial score (nSPS) is 29.9. The van der Waals surface area contributed by atoms with Crippen LogP contribution >= 0.6 is 55.1 Å². The van der Waals surface area contributed by atoms with Crippen molar-refractivity contribution in [2.24, 2.45) is 23.7 Å². The van der Waals surface area contributed by atoms with Crippen LogP contribution in [0.2, 0.25) is 10.0 Å². The standard InChI is InChI=1S/C25H20Br2Cl2N2O4/c1-11(22(32)12-5-3-2-4-6-12)30(23(33)14-8-7-13(28)9-17(14)29)31-24(34)18-15-10-16(19(18)25(31)35)21(27)20(15)26/h2-9,11,15-16,18-21H,10H2,1H3/t11-,15-,16-,18-,19+,20+,21+/m1/s1. The van der Waals surface area contributed by atoms with E-state index in [1.165, 1.54) is 25.1 Å². The second kappa shape index (κ2) is 9.29. The number of hydrogen-bond donors (Lipinski definition) is 0. The lowest BCUT2D eigenvalue weighted by Gasteiger charge is -2.35. The fourth-order valence-electron chi connectivity index (χ4n) is 5.73. The van der Waals surface area contributed by atoms with E-state index in [0.29, 0.717) is 10.6 Å². The zero-order valence-electron chi connectivity index (χ0n) is 18.4. The van der Waals surface area contributed by atoms with Crippen molar-refractivity contribution in [3.8, 4) is 0 Å². The van der Waals surface area contributed by atoms with E-state index in [1.807, 2.05) is 0 Å². The largest absolute Gasteiger partial charge is 0.292 e. The van der Waals surface area contributed by atoms with Crippen molar-refractivity contribution in [2.75, 3.05) is 0 Å². The molecule has 7 atom stereocenters. The quantitative estimate of drug-likeness (QED) is 0.249. The van der Waals surface area contributed by atoms with Gasteiger partial charge in [-0.3, -0.25) is 19.2 Å². The molecule has 0 aromatic heterocycles. The average molecular weight is 643 g/mol. The summed E-state index contributed by atoms with van der Waals surface area (Å²) < 4.78 is 0. The fraction of sp³-hybridized carbons (Fsp3) is 0.360. The summed E-state index contributed by atoms with van der Waals surface area (Å²) in [7, 11) is 0. The van der Waals surface area contributed by atoms with Crippen molar-refractivity contribution in [3.63, 3.8) is 0 Å². The fourth-order valence-corrected chi connectivity index (χ4v) is 8.09. The first kappa shape index (κ1) is 24.9. The van der Waals surface area contributed by atoms with Crippen LogP contribution in [-0.4, -0.2) is 49.2 Å². The summed E-state index contributed by atoms with van der Waals surface area (Å²) in [6.07, 6.45) is 0.752. The molecule has 0 spiro atoms. The Morgan fingerprint density at radius 1 is 0.971 bits per heavy atom. The first-order valence-corrected chi connectivity index (χ1v) is 13.8. The molecule has 2 bridgehead atoms. The molecule has 1 heterocycles. The molecule has 10 heteroatoms. The van der Waals surface area contributed by atoms with Crippen LogP contribution in [0.15, 0.2) is 48.5 Å². The molecule has 2 saturated carbocycles. The van der Waals surface area contributed by atoms with Gasteiger partial charge < -0.3 is 0 Å². The molecule has 5 rings (SSSR count). The lowest BCUT2D eigenvalue weighted by molar-refractivity contribution is -0.157. The molecule has 2 aliphatic carbocycles. The first-order valence-electron chi connectivity index (χ1n) is 11.2. The lowest BCUT2D eigenvalue weighted by Crippen LogP contribution is -2.57. The van der Waals surface area contributed by atoms with E-state index >= 15 is 0 Å². The molecule has 1 aliphatic heterocycles. The van der Waals surface area contributed by atoms with Gasteiger partial charge >= 0.3 is 0 Å². The van der Waals surface area contributed by atoms with E-state index in [0.717, 1.165) is 16.4 Å². The zero-order chi connectivity index (χ0) is 25.2. The highest BCUT2D eigenvalue weighted by Gasteiger charge is 2.68. The average Bonchev–Trinajstić information content (AvgIpc) is 3.45. The Hall–Kier alpha value is -1.74. The maximum Gasteiger partial charge on any atom is 0.275 e. The van der Waals surface area contributed by atoms with Crippen molar-refractivity contribution in [2.45, 2.75) is 29.0 Å². The van der Waals surface area contributed by atoms with Crippen LogP contribution in [0.1, 0.15) is 34.1 Å². The summed E-state index contributed by atoms with van der Waals surface area (Å²) in [4.78, 5) is 54.8. The maximum absolute atomic E-state index is 13.8. The number of Topliss-reactive ketones (excluding diaryl/α,β-unsaturated/α-hetero) is 1. The number of alkyl halides is 2. The van der Waals surface area contributed by atoms with E-state index in [9.17, 15) is 19.2 Å². The third-order valence-corrected chi connectivity index (χ3v) is 11.1.